The predicted molar refractivity (Wildman–Crippen MR) is 128 cm³/mol. The average molecular weight is 466 g/mol. The molecule has 1 aromatic heterocycles. The number of aliphatic hydroxyl groups excluding tert-OH is 1. The van der Waals surface area contributed by atoms with E-state index < -0.39 is 0 Å². The van der Waals surface area contributed by atoms with Crippen molar-refractivity contribution >= 4 is 11.8 Å². The minimum Gasteiger partial charge on any atom is -0.497 e. The second kappa shape index (κ2) is 11.0. The number of amides is 2. The summed E-state index contributed by atoms with van der Waals surface area (Å²) in [5, 5.41) is 9.76. The standard InChI is InChI=1S/C26H31N3O5/c1-17-14-29(18(2)16-30)26(32)23-12-21(7-6-20-8-10-22(33-5)11-9-20)13-27-25(23)34-24(17)15-28(4)19(3)31/h8-13,17-18,24,30H,14-16H2,1-5H3/t17-,18-,24-/m0/s1. The third-order valence-corrected chi connectivity index (χ3v) is 5.95. The molecule has 1 aliphatic heterocycles. The molecule has 2 amide bonds. The van der Waals surface area contributed by atoms with Crippen LogP contribution in [0.25, 0.3) is 0 Å². The lowest BCUT2D eigenvalue weighted by Gasteiger charge is -2.37. The number of likely N-dealkylation sites (N-methyl/N-ethyl adjacent to an activating group) is 1. The van der Waals surface area contributed by atoms with E-state index >= 15 is 0 Å². The Morgan fingerprint density at radius 3 is 2.62 bits per heavy atom. The Bertz CT molecular complexity index is 1090. The summed E-state index contributed by atoms with van der Waals surface area (Å²) in [5.74, 6) is 6.61. The maximum Gasteiger partial charge on any atom is 0.259 e. The Hall–Kier alpha value is -3.57. The van der Waals surface area contributed by atoms with E-state index in [4.69, 9.17) is 9.47 Å². The predicted octanol–water partition coefficient (Wildman–Crippen LogP) is 2.19. The number of rotatable bonds is 5. The summed E-state index contributed by atoms with van der Waals surface area (Å²) in [6.07, 6.45) is 1.19. The summed E-state index contributed by atoms with van der Waals surface area (Å²) in [5.41, 5.74) is 1.64. The zero-order valence-electron chi connectivity index (χ0n) is 20.2. The maximum absolute atomic E-state index is 13.4. The van der Waals surface area contributed by atoms with Gasteiger partial charge >= 0.3 is 0 Å². The molecule has 0 fully saturated rings. The van der Waals surface area contributed by atoms with Gasteiger partial charge in [0.2, 0.25) is 11.8 Å². The Labute approximate surface area is 200 Å². The molecular formula is C26H31N3O5. The number of pyridine rings is 1. The number of aromatic nitrogens is 1. The van der Waals surface area contributed by atoms with Gasteiger partial charge in [0, 0.05) is 43.8 Å². The monoisotopic (exact) mass is 465 g/mol. The van der Waals surface area contributed by atoms with Crippen molar-refractivity contribution in [1.82, 2.24) is 14.8 Å². The number of hydrogen-bond donors (Lipinski definition) is 1. The van der Waals surface area contributed by atoms with Crippen LogP contribution in [0, 0.1) is 17.8 Å². The Kier molecular flexibility index (Phi) is 8.13. The number of benzene rings is 1. The molecular weight excluding hydrogens is 434 g/mol. The fraction of sp³-hybridized carbons (Fsp3) is 0.423. The van der Waals surface area contributed by atoms with E-state index in [9.17, 15) is 14.7 Å². The molecule has 2 aromatic rings. The van der Waals surface area contributed by atoms with Crippen LogP contribution in [-0.2, 0) is 4.79 Å². The van der Waals surface area contributed by atoms with Gasteiger partial charge in [-0.2, -0.15) is 0 Å². The van der Waals surface area contributed by atoms with Crippen molar-refractivity contribution in [2.24, 2.45) is 5.92 Å². The van der Waals surface area contributed by atoms with Gasteiger partial charge in [-0.3, -0.25) is 9.59 Å². The minimum absolute atomic E-state index is 0.0770. The molecule has 8 heteroatoms. The maximum atomic E-state index is 13.4. The number of methoxy groups -OCH3 is 1. The fourth-order valence-electron chi connectivity index (χ4n) is 3.61. The highest BCUT2D eigenvalue weighted by Gasteiger charge is 2.34. The van der Waals surface area contributed by atoms with Crippen LogP contribution in [0.4, 0.5) is 0 Å². The van der Waals surface area contributed by atoms with Crippen LogP contribution in [0.15, 0.2) is 36.5 Å². The van der Waals surface area contributed by atoms with E-state index in [1.165, 1.54) is 6.92 Å². The van der Waals surface area contributed by atoms with Crippen molar-refractivity contribution in [3.8, 4) is 23.5 Å². The molecule has 3 rings (SSSR count). The van der Waals surface area contributed by atoms with E-state index in [-0.39, 0.29) is 47.9 Å². The first-order valence-electron chi connectivity index (χ1n) is 11.2. The van der Waals surface area contributed by atoms with Crippen molar-refractivity contribution in [3.63, 3.8) is 0 Å². The van der Waals surface area contributed by atoms with Crippen LogP contribution in [0.1, 0.15) is 42.3 Å². The molecule has 180 valence electrons. The van der Waals surface area contributed by atoms with Gasteiger partial charge in [0.05, 0.1) is 26.3 Å². The van der Waals surface area contributed by atoms with E-state index in [0.29, 0.717) is 18.7 Å². The number of carbonyl (C=O) groups is 2. The van der Waals surface area contributed by atoms with Gasteiger partial charge in [-0.15, -0.1) is 0 Å². The molecule has 0 aliphatic carbocycles. The second-order valence-corrected chi connectivity index (χ2v) is 8.58. The van der Waals surface area contributed by atoms with Gasteiger partial charge in [0.15, 0.2) is 0 Å². The van der Waals surface area contributed by atoms with Crippen LogP contribution in [-0.4, -0.2) is 77.7 Å². The first kappa shape index (κ1) is 25.1. The van der Waals surface area contributed by atoms with Crippen LogP contribution < -0.4 is 9.47 Å². The summed E-state index contributed by atoms with van der Waals surface area (Å²) >= 11 is 0. The molecule has 0 spiro atoms. The van der Waals surface area contributed by atoms with Crippen LogP contribution in [0.5, 0.6) is 11.6 Å². The van der Waals surface area contributed by atoms with E-state index in [1.807, 2.05) is 31.2 Å². The normalized spacial score (nSPS) is 18.4. The van der Waals surface area contributed by atoms with Crippen LogP contribution in [0.2, 0.25) is 0 Å². The minimum atomic E-state index is -0.388. The number of nitrogens with zero attached hydrogens (tertiary/aromatic N) is 3. The van der Waals surface area contributed by atoms with Crippen LogP contribution in [0.3, 0.4) is 0 Å². The van der Waals surface area contributed by atoms with Crippen molar-refractivity contribution in [3.05, 3.63) is 53.2 Å². The van der Waals surface area contributed by atoms with Gasteiger partial charge in [-0.05, 0) is 37.3 Å². The Morgan fingerprint density at radius 1 is 1.32 bits per heavy atom. The molecule has 0 saturated heterocycles. The summed E-state index contributed by atoms with van der Waals surface area (Å²) in [6.45, 7) is 5.81. The summed E-state index contributed by atoms with van der Waals surface area (Å²) in [4.78, 5) is 32.9. The summed E-state index contributed by atoms with van der Waals surface area (Å²) < 4.78 is 11.3. The molecule has 3 atom stereocenters. The Morgan fingerprint density at radius 2 is 2.00 bits per heavy atom. The molecule has 8 nitrogen and oxygen atoms in total. The number of fused-ring (bicyclic) bond motifs is 1. The molecule has 0 bridgehead atoms. The van der Waals surface area contributed by atoms with E-state index in [2.05, 4.69) is 16.8 Å². The molecule has 0 unspecified atom stereocenters. The Balaban J connectivity index is 1.98. The lowest BCUT2D eigenvalue weighted by atomic mass is 10.00. The van der Waals surface area contributed by atoms with Gasteiger partial charge < -0.3 is 24.4 Å². The quantitative estimate of drug-likeness (QED) is 0.681. The molecule has 0 saturated carbocycles. The first-order chi connectivity index (χ1) is 16.2. The smallest absolute Gasteiger partial charge is 0.259 e. The highest BCUT2D eigenvalue weighted by atomic mass is 16.5. The second-order valence-electron chi connectivity index (χ2n) is 8.58. The van der Waals surface area contributed by atoms with Crippen molar-refractivity contribution in [1.29, 1.82) is 0 Å². The molecule has 0 radical (unpaired) electrons. The largest absolute Gasteiger partial charge is 0.497 e. The topological polar surface area (TPSA) is 92.2 Å². The van der Waals surface area contributed by atoms with Gasteiger partial charge in [-0.1, -0.05) is 18.8 Å². The summed E-state index contributed by atoms with van der Waals surface area (Å²) in [6, 6.07) is 8.63. The van der Waals surface area contributed by atoms with Gasteiger partial charge in [0.25, 0.3) is 5.91 Å². The number of aliphatic hydroxyl groups is 1. The van der Waals surface area contributed by atoms with Gasteiger partial charge in [0.1, 0.15) is 17.4 Å². The molecule has 34 heavy (non-hydrogen) atoms. The molecule has 1 aliphatic rings. The third-order valence-electron chi connectivity index (χ3n) is 5.95. The molecule has 2 heterocycles. The zero-order chi connectivity index (χ0) is 24.8. The highest BCUT2D eigenvalue weighted by molar-refractivity contribution is 5.97. The summed E-state index contributed by atoms with van der Waals surface area (Å²) in [7, 11) is 3.32. The third kappa shape index (κ3) is 5.86. The molecule has 1 N–H and O–H groups in total. The lowest BCUT2D eigenvalue weighted by Crippen LogP contribution is -2.50. The van der Waals surface area contributed by atoms with Crippen molar-refractivity contribution in [2.45, 2.75) is 32.9 Å². The fourth-order valence-corrected chi connectivity index (χ4v) is 3.61. The van der Waals surface area contributed by atoms with E-state index in [0.717, 1.165) is 11.3 Å². The van der Waals surface area contributed by atoms with Crippen molar-refractivity contribution in [2.75, 3.05) is 33.9 Å². The van der Waals surface area contributed by atoms with E-state index in [1.54, 1.807) is 43.1 Å². The first-order valence-corrected chi connectivity index (χ1v) is 11.2. The highest BCUT2D eigenvalue weighted by Crippen LogP contribution is 2.27. The number of hydrogen-bond acceptors (Lipinski definition) is 6. The number of carbonyl (C=O) groups excluding carboxylic acids is 2. The average Bonchev–Trinajstić information content (AvgIpc) is 2.84. The SMILES string of the molecule is COc1ccc(C#Cc2cnc3c(c2)C(=O)N([C@@H](C)CO)C[C@H](C)[C@H](CN(C)C(C)=O)O3)cc1. The van der Waals surface area contributed by atoms with Crippen LogP contribution >= 0.6 is 0 Å². The number of ether oxygens (including phenoxy) is 2. The van der Waals surface area contributed by atoms with Crippen molar-refractivity contribution < 1.29 is 24.2 Å². The molecule has 1 aromatic carbocycles. The lowest BCUT2D eigenvalue weighted by molar-refractivity contribution is -0.129. The zero-order valence-corrected chi connectivity index (χ0v) is 20.2. The van der Waals surface area contributed by atoms with Gasteiger partial charge in [-0.25, -0.2) is 4.98 Å².